The summed E-state index contributed by atoms with van der Waals surface area (Å²) in [5.41, 5.74) is 3.07. The van der Waals surface area contributed by atoms with Crippen molar-refractivity contribution in [3.05, 3.63) is 76.9 Å². The zero-order valence-electron chi connectivity index (χ0n) is 15.5. The highest BCUT2D eigenvalue weighted by Gasteiger charge is 2.15. The highest BCUT2D eigenvalue weighted by atomic mass is 16.4. The number of aryl methyl sites for hydroxylation is 1. The second-order valence-electron chi connectivity index (χ2n) is 6.92. The molecule has 3 aromatic heterocycles. The van der Waals surface area contributed by atoms with Gasteiger partial charge in [0.25, 0.3) is 0 Å². The number of rotatable bonds is 3. The van der Waals surface area contributed by atoms with Gasteiger partial charge in [-0.3, -0.25) is 14.5 Å². The average molecular weight is 384 g/mol. The van der Waals surface area contributed by atoms with Crippen molar-refractivity contribution in [2.45, 2.75) is 13.5 Å². The van der Waals surface area contributed by atoms with Gasteiger partial charge in [-0.05, 0) is 31.2 Å². The van der Waals surface area contributed by atoms with Crippen molar-refractivity contribution in [2.75, 3.05) is 5.32 Å². The molecular formula is C22H16N4O3. The molecule has 7 nitrogen and oxygen atoms in total. The highest BCUT2D eigenvalue weighted by Crippen LogP contribution is 2.24. The van der Waals surface area contributed by atoms with E-state index in [1.165, 1.54) is 10.9 Å². The Balaban J connectivity index is 1.50. The van der Waals surface area contributed by atoms with Gasteiger partial charge in [-0.25, -0.2) is 4.79 Å². The van der Waals surface area contributed by atoms with Crippen LogP contribution in [-0.2, 0) is 11.3 Å². The molecule has 3 heterocycles. The Hall–Kier alpha value is -4.00. The van der Waals surface area contributed by atoms with Gasteiger partial charge in [-0.15, -0.1) is 0 Å². The Kier molecular flexibility index (Phi) is 3.87. The maximum Gasteiger partial charge on any atom is 0.347 e. The van der Waals surface area contributed by atoms with Gasteiger partial charge < -0.3 is 9.73 Å². The third-order valence-electron chi connectivity index (χ3n) is 4.82. The van der Waals surface area contributed by atoms with Crippen LogP contribution in [0.3, 0.4) is 0 Å². The molecule has 7 heteroatoms. The van der Waals surface area contributed by atoms with Gasteiger partial charge in [-0.2, -0.15) is 5.10 Å². The Morgan fingerprint density at radius 1 is 1.10 bits per heavy atom. The standard InChI is InChI=1S/C22H16N4O3/c1-13-6-7-19-16(8-13)21-17(22(28)29-19)11-24-26(21)12-20(27)25-15-9-14-4-2-3-5-18(14)23-10-15/h2-11H,12H2,1H3,(H,25,27). The second-order valence-corrected chi connectivity index (χ2v) is 6.92. The number of para-hydroxylation sites is 1. The molecule has 0 saturated carbocycles. The van der Waals surface area contributed by atoms with Crippen LogP contribution in [0.1, 0.15) is 5.56 Å². The van der Waals surface area contributed by atoms with Gasteiger partial charge in [-0.1, -0.05) is 29.8 Å². The number of carbonyl (C=O) groups is 1. The average Bonchev–Trinajstić information content (AvgIpc) is 3.13. The first-order chi connectivity index (χ1) is 14.1. The van der Waals surface area contributed by atoms with Crippen molar-refractivity contribution in [1.82, 2.24) is 14.8 Å². The van der Waals surface area contributed by atoms with Crippen LogP contribution in [0.15, 0.2) is 70.1 Å². The number of benzene rings is 2. The molecule has 1 amide bonds. The first-order valence-electron chi connectivity index (χ1n) is 9.12. The van der Waals surface area contributed by atoms with Crippen LogP contribution >= 0.6 is 0 Å². The summed E-state index contributed by atoms with van der Waals surface area (Å²) in [7, 11) is 0. The van der Waals surface area contributed by atoms with E-state index in [9.17, 15) is 9.59 Å². The summed E-state index contributed by atoms with van der Waals surface area (Å²) < 4.78 is 6.89. The molecule has 29 heavy (non-hydrogen) atoms. The lowest BCUT2D eigenvalue weighted by Crippen LogP contribution is -2.19. The second kappa shape index (κ2) is 6.56. The van der Waals surface area contributed by atoms with E-state index in [4.69, 9.17) is 4.42 Å². The number of hydrogen-bond donors (Lipinski definition) is 1. The fraction of sp³-hybridized carbons (Fsp3) is 0.0909. The van der Waals surface area contributed by atoms with E-state index in [2.05, 4.69) is 15.4 Å². The summed E-state index contributed by atoms with van der Waals surface area (Å²) >= 11 is 0. The van der Waals surface area contributed by atoms with Gasteiger partial charge in [0.05, 0.1) is 29.1 Å². The number of amides is 1. The predicted octanol–water partition coefficient (Wildman–Crippen LogP) is 3.64. The molecule has 0 aliphatic rings. The van der Waals surface area contributed by atoms with E-state index in [1.807, 2.05) is 49.4 Å². The Labute approximate surface area is 164 Å². The van der Waals surface area contributed by atoms with E-state index in [0.717, 1.165) is 21.9 Å². The van der Waals surface area contributed by atoms with Crippen LogP contribution in [-0.4, -0.2) is 20.7 Å². The van der Waals surface area contributed by atoms with Crippen LogP contribution in [0.2, 0.25) is 0 Å². The first kappa shape index (κ1) is 17.1. The van der Waals surface area contributed by atoms with Crippen LogP contribution < -0.4 is 10.9 Å². The lowest BCUT2D eigenvalue weighted by atomic mass is 10.1. The Bertz CT molecular complexity index is 1470. The van der Waals surface area contributed by atoms with Crippen molar-refractivity contribution in [3.8, 4) is 0 Å². The molecule has 0 aliphatic heterocycles. The zero-order chi connectivity index (χ0) is 20.0. The first-order valence-corrected chi connectivity index (χ1v) is 9.12. The molecule has 0 fully saturated rings. The topological polar surface area (TPSA) is 90.0 Å². The summed E-state index contributed by atoms with van der Waals surface area (Å²) in [5, 5.41) is 9.13. The lowest BCUT2D eigenvalue weighted by molar-refractivity contribution is -0.116. The third kappa shape index (κ3) is 3.02. The van der Waals surface area contributed by atoms with E-state index in [-0.39, 0.29) is 12.5 Å². The molecule has 0 atom stereocenters. The summed E-state index contributed by atoms with van der Waals surface area (Å²) in [6.45, 7) is 1.92. The van der Waals surface area contributed by atoms with Crippen molar-refractivity contribution in [3.63, 3.8) is 0 Å². The molecule has 1 N–H and O–H groups in total. The molecule has 0 saturated heterocycles. The Morgan fingerprint density at radius 3 is 2.86 bits per heavy atom. The lowest BCUT2D eigenvalue weighted by Gasteiger charge is -2.08. The number of carbonyl (C=O) groups excluding carboxylic acids is 1. The van der Waals surface area contributed by atoms with Gasteiger partial charge in [0.15, 0.2) is 0 Å². The van der Waals surface area contributed by atoms with E-state index < -0.39 is 5.63 Å². The molecule has 2 aromatic carbocycles. The monoisotopic (exact) mass is 384 g/mol. The summed E-state index contributed by atoms with van der Waals surface area (Å²) in [6, 6.07) is 15.1. The molecule has 0 radical (unpaired) electrons. The number of nitrogens with zero attached hydrogens (tertiary/aromatic N) is 3. The van der Waals surface area contributed by atoms with Gasteiger partial charge >= 0.3 is 5.63 Å². The fourth-order valence-electron chi connectivity index (χ4n) is 3.49. The van der Waals surface area contributed by atoms with Gasteiger partial charge in [0.2, 0.25) is 5.91 Å². The van der Waals surface area contributed by atoms with Crippen molar-refractivity contribution < 1.29 is 9.21 Å². The van der Waals surface area contributed by atoms with Gasteiger partial charge in [0.1, 0.15) is 17.5 Å². The van der Waals surface area contributed by atoms with E-state index in [1.54, 1.807) is 12.3 Å². The summed E-state index contributed by atoms with van der Waals surface area (Å²) in [4.78, 5) is 29.3. The normalized spacial score (nSPS) is 11.3. The minimum absolute atomic E-state index is 0.0389. The minimum Gasteiger partial charge on any atom is -0.422 e. The maximum absolute atomic E-state index is 12.6. The molecule has 0 bridgehead atoms. The largest absolute Gasteiger partial charge is 0.422 e. The highest BCUT2D eigenvalue weighted by molar-refractivity contribution is 6.03. The third-order valence-corrected chi connectivity index (χ3v) is 4.82. The number of anilines is 1. The molecule has 0 unspecified atom stereocenters. The molecule has 5 rings (SSSR count). The summed E-state index contributed by atoms with van der Waals surface area (Å²) in [5.74, 6) is -0.263. The van der Waals surface area contributed by atoms with Gasteiger partial charge in [0, 0.05) is 10.8 Å². The zero-order valence-corrected chi connectivity index (χ0v) is 15.5. The van der Waals surface area contributed by atoms with Crippen LogP contribution in [0.5, 0.6) is 0 Å². The number of aromatic nitrogens is 3. The van der Waals surface area contributed by atoms with E-state index >= 15 is 0 Å². The summed E-state index contributed by atoms with van der Waals surface area (Å²) in [6.07, 6.45) is 3.06. The number of fused-ring (bicyclic) bond motifs is 4. The van der Waals surface area contributed by atoms with E-state index in [0.29, 0.717) is 22.2 Å². The smallest absolute Gasteiger partial charge is 0.347 e. The predicted molar refractivity (Wildman–Crippen MR) is 111 cm³/mol. The van der Waals surface area contributed by atoms with Crippen molar-refractivity contribution in [2.24, 2.45) is 0 Å². The molecule has 0 spiro atoms. The van der Waals surface area contributed by atoms with Crippen molar-refractivity contribution in [1.29, 1.82) is 0 Å². The minimum atomic E-state index is -0.471. The van der Waals surface area contributed by atoms with Crippen LogP contribution in [0, 0.1) is 6.92 Å². The van der Waals surface area contributed by atoms with Crippen LogP contribution in [0.4, 0.5) is 5.69 Å². The van der Waals surface area contributed by atoms with Crippen LogP contribution in [0.25, 0.3) is 32.8 Å². The maximum atomic E-state index is 12.6. The number of pyridine rings is 1. The van der Waals surface area contributed by atoms with Crippen molar-refractivity contribution >= 4 is 44.4 Å². The number of nitrogens with one attached hydrogen (secondary N) is 1. The number of hydrogen-bond acceptors (Lipinski definition) is 5. The quantitative estimate of drug-likeness (QED) is 0.480. The molecule has 142 valence electrons. The SMILES string of the molecule is Cc1ccc2oc(=O)c3cnn(CC(=O)Nc4cnc5ccccc5c4)c3c2c1. The molecular weight excluding hydrogens is 368 g/mol. The molecule has 0 aliphatic carbocycles. The Morgan fingerprint density at radius 2 is 1.97 bits per heavy atom. The fourth-order valence-corrected chi connectivity index (χ4v) is 3.49. The molecule has 5 aromatic rings.